The van der Waals surface area contributed by atoms with Gasteiger partial charge in [0.1, 0.15) is 11.9 Å². The van der Waals surface area contributed by atoms with E-state index < -0.39 is 0 Å². The van der Waals surface area contributed by atoms with Crippen LogP contribution in [0.5, 0.6) is 5.75 Å². The van der Waals surface area contributed by atoms with Crippen LogP contribution in [0.25, 0.3) is 0 Å². The quantitative estimate of drug-likeness (QED) is 0.870. The smallest absolute Gasteiger partial charge is 0.120 e. The van der Waals surface area contributed by atoms with Crippen molar-refractivity contribution in [3.05, 3.63) is 29.8 Å². The zero-order valence-electron chi connectivity index (χ0n) is 11.1. The molecule has 0 saturated heterocycles. The first-order valence-electron chi connectivity index (χ1n) is 6.54. The van der Waals surface area contributed by atoms with Crippen LogP contribution in [0.4, 0.5) is 0 Å². The van der Waals surface area contributed by atoms with Gasteiger partial charge >= 0.3 is 0 Å². The van der Waals surface area contributed by atoms with Crippen molar-refractivity contribution in [2.24, 2.45) is 11.1 Å². The molecule has 17 heavy (non-hydrogen) atoms. The lowest BCUT2D eigenvalue weighted by molar-refractivity contribution is 0.164. The number of hydrogen-bond acceptors (Lipinski definition) is 2. The summed E-state index contributed by atoms with van der Waals surface area (Å²) in [5, 5.41) is 0. The lowest BCUT2D eigenvalue weighted by atomic mass is 9.88. The summed E-state index contributed by atoms with van der Waals surface area (Å²) in [7, 11) is 0. The second kappa shape index (κ2) is 4.69. The highest BCUT2D eigenvalue weighted by Crippen LogP contribution is 2.38. The first-order valence-corrected chi connectivity index (χ1v) is 6.54. The molecule has 1 aromatic carbocycles. The molecule has 2 rings (SSSR count). The molecule has 0 aromatic heterocycles. The van der Waals surface area contributed by atoms with Crippen LogP contribution in [0.3, 0.4) is 0 Å². The van der Waals surface area contributed by atoms with Gasteiger partial charge < -0.3 is 10.5 Å². The molecular weight excluding hydrogens is 210 g/mol. The maximum absolute atomic E-state index is 6.25. The number of hydrogen-bond donors (Lipinski definition) is 1. The number of benzene rings is 1. The van der Waals surface area contributed by atoms with Gasteiger partial charge in [-0.2, -0.15) is 0 Å². The van der Waals surface area contributed by atoms with E-state index >= 15 is 0 Å². The normalized spacial score (nSPS) is 27.1. The van der Waals surface area contributed by atoms with Crippen molar-refractivity contribution in [2.75, 3.05) is 0 Å². The van der Waals surface area contributed by atoms with Gasteiger partial charge in [0, 0.05) is 6.04 Å². The second-order valence-electron chi connectivity index (χ2n) is 5.71. The fraction of sp³-hybridized carbons (Fsp3) is 0.600. The molecule has 2 heteroatoms. The highest BCUT2D eigenvalue weighted by Gasteiger charge is 2.40. The standard InChI is InChI=1S/C15H23NO/c1-4-11-6-5-7-12(10-11)17-13-8-9-15(2,3)14(13)16/h5-7,10,13-14H,4,8-9,16H2,1-3H3. The highest BCUT2D eigenvalue weighted by atomic mass is 16.5. The Labute approximate surface area is 104 Å². The number of rotatable bonds is 3. The molecule has 2 nitrogen and oxygen atoms in total. The topological polar surface area (TPSA) is 35.2 Å². The average Bonchev–Trinajstić information content (AvgIpc) is 2.57. The van der Waals surface area contributed by atoms with E-state index in [9.17, 15) is 0 Å². The zero-order valence-corrected chi connectivity index (χ0v) is 11.1. The van der Waals surface area contributed by atoms with Gasteiger partial charge in [-0.1, -0.05) is 32.9 Å². The van der Waals surface area contributed by atoms with Gasteiger partial charge in [-0.15, -0.1) is 0 Å². The molecule has 2 atom stereocenters. The van der Waals surface area contributed by atoms with E-state index in [0.29, 0.717) is 0 Å². The predicted molar refractivity (Wildman–Crippen MR) is 71.2 cm³/mol. The number of aryl methyl sites for hydroxylation is 1. The summed E-state index contributed by atoms with van der Waals surface area (Å²) in [4.78, 5) is 0. The Hall–Kier alpha value is -1.02. The molecule has 2 unspecified atom stereocenters. The Morgan fingerprint density at radius 2 is 2.18 bits per heavy atom. The first kappa shape index (κ1) is 12.4. The summed E-state index contributed by atoms with van der Waals surface area (Å²) in [5.74, 6) is 0.961. The summed E-state index contributed by atoms with van der Waals surface area (Å²) in [6.07, 6.45) is 3.41. The minimum atomic E-state index is 0.132. The molecule has 0 bridgehead atoms. The van der Waals surface area contributed by atoms with Crippen LogP contribution in [-0.2, 0) is 6.42 Å². The van der Waals surface area contributed by atoms with Crippen LogP contribution in [0.15, 0.2) is 24.3 Å². The van der Waals surface area contributed by atoms with E-state index in [1.54, 1.807) is 0 Å². The average molecular weight is 233 g/mol. The van der Waals surface area contributed by atoms with Gasteiger partial charge in [0.15, 0.2) is 0 Å². The van der Waals surface area contributed by atoms with Crippen LogP contribution in [0.1, 0.15) is 39.2 Å². The van der Waals surface area contributed by atoms with Gasteiger partial charge in [-0.3, -0.25) is 0 Å². The molecule has 2 N–H and O–H groups in total. The van der Waals surface area contributed by atoms with Gasteiger partial charge in [0.05, 0.1) is 0 Å². The molecular formula is C15H23NO. The van der Waals surface area contributed by atoms with E-state index in [4.69, 9.17) is 10.5 Å². The Bertz CT molecular complexity index is 386. The molecule has 0 amide bonds. The molecule has 0 spiro atoms. The van der Waals surface area contributed by atoms with Crippen molar-refractivity contribution in [3.63, 3.8) is 0 Å². The molecule has 94 valence electrons. The van der Waals surface area contributed by atoms with E-state index in [1.807, 2.05) is 6.07 Å². The fourth-order valence-electron chi connectivity index (χ4n) is 2.51. The maximum atomic E-state index is 6.25. The SMILES string of the molecule is CCc1cccc(OC2CCC(C)(C)C2N)c1. The minimum absolute atomic E-state index is 0.132. The first-order chi connectivity index (χ1) is 8.03. The van der Waals surface area contributed by atoms with Crippen molar-refractivity contribution < 1.29 is 4.74 Å². The van der Waals surface area contributed by atoms with Gasteiger partial charge in [0.2, 0.25) is 0 Å². The Kier molecular flexibility index (Phi) is 3.43. The van der Waals surface area contributed by atoms with Crippen LogP contribution >= 0.6 is 0 Å². The van der Waals surface area contributed by atoms with Crippen molar-refractivity contribution in [1.29, 1.82) is 0 Å². The van der Waals surface area contributed by atoms with Crippen molar-refractivity contribution in [2.45, 2.75) is 52.2 Å². The third kappa shape index (κ3) is 2.63. The Morgan fingerprint density at radius 3 is 2.76 bits per heavy atom. The molecule has 0 radical (unpaired) electrons. The molecule has 1 fully saturated rings. The summed E-state index contributed by atoms with van der Waals surface area (Å²) in [5.41, 5.74) is 7.76. The third-order valence-corrected chi connectivity index (χ3v) is 3.97. The summed E-state index contributed by atoms with van der Waals surface area (Å²) >= 11 is 0. The zero-order chi connectivity index (χ0) is 12.5. The molecule has 0 aliphatic heterocycles. The maximum Gasteiger partial charge on any atom is 0.120 e. The fourth-order valence-corrected chi connectivity index (χ4v) is 2.51. The van der Waals surface area contributed by atoms with E-state index in [0.717, 1.165) is 25.0 Å². The minimum Gasteiger partial charge on any atom is -0.489 e. The van der Waals surface area contributed by atoms with Crippen molar-refractivity contribution >= 4 is 0 Å². The summed E-state index contributed by atoms with van der Waals surface area (Å²) in [6.45, 7) is 6.61. The second-order valence-corrected chi connectivity index (χ2v) is 5.71. The van der Waals surface area contributed by atoms with Gasteiger partial charge in [-0.25, -0.2) is 0 Å². The number of nitrogens with two attached hydrogens (primary N) is 1. The number of ether oxygens (including phenoxy) is 1. The third-order valence-electron chi connectivity index (χ3n) is 3.97. The van der Waals surface area contributed by atoms with E-state index in [-0.39, 0.29) is 17.6 Å². The van der Waals surface area contributed by atoms with Gasteiger partial charge in [0.25, 0.3) is 0 Å². The summed E-state index contributed by atoms with van der Waals surface area (Å²) < 4.78 is 6.04. The Morgan fingerprint density at radius 1 is 1.41 bits per heavy atom. The largest absolute Gasteiger partial charge is 0.489 e. The van der Waals surface area contributed by atoms with Crippen LogP contribution in [0, 0.1) is 5.41 Å². The highest BCUT2D eigenvalue weighted by molar-refractivity contribution is 5.29. The van der Waals surface area contributed by atoms with Crippen molar-refractivity contribution in [3.8, 4) is 5.75 Å². The summed E-state index contributed by atoms with van der Waals surface area (Å²) in [6, 6.07) is 8.47. The van der Waals surface area contributed by atoms with Crippen LogP contribution in [0.2, 0.25) is 0 Å². The van der Waals surface area contributed by atoms with E-state index in [2.05, 4.69) is 39.0 Å². The van der Waals surface area contributed by atoms with Gasteiger partial charge in [-0.05, 0) is 42.4 Å². The monoisotopic (exact) mass is 233 g/mol. The Balaban J connectivity index is 2.06. The lowest BCUT2D eigenvalue weighted by Gasteiger charge is -2.27. The van der Waals surface area contributed by atoms with Crippen LogP contribution < -0.4 is 10.5 Å². The molecule has 1 aromatic rings. The predicted octanol–water partition coefficient (Wildman–Crippen LogP) is 3.14. The molecule has 1 aliphatic carbocycles. The lowest BCUT2D eigenvalue weighted by Crippen LogP contribution is -2.42. The molecule has 0 heterocycles. The van der Waals surface area contributed by atoms with E-state index in [1.165, 1.54) is 5.56 Å². The van der Waals surface area contributed by atoms with Crippen molar-refractivity contribution in [1.82, 2.24) is 0 Å². The molecule has 1 saturated carbocycles. The van der Waals surface area contributed by atoms with Crippen LogP contribution in [-0.4, -0.2) is 12.1 Å². The molecule has 1 aliphatic rings.